The Bertz CT molecular complexity index is 518. The number of sulfonamides is 1. The molecule has 0 bridgehead atoms. The van der Waals surface area contributed by atoms with E-state index >= 15 is 0 Å². The Morgan fingerprint density at radius 1 is 1.42 bits per heavy atom. The molecule has 19 heavy (non-hydrogen) atoms. The van der Waals surface area contributed by atoms with Crippen LogP contribution in [0.1, 0.15) is 13.3 Å². The molecular weight excluding hydrogens is 290 g/mol. The van der Waals surface area contributed by atoms with Crippen molar-refractivity contribution in [2.24, 2.45) is 0 Å². The molecule has 0 radical (unpaired) electrons. The van der Waals surface area contributed by atoms with E-state index in [1.807, 2.05) is 0 Å². The summed E-state index contributed by atoms with van der Waals surface area (Å²) in [6, 6.07) is 4.41. The maximum Gasteiger partial charge on any atom is 0.246 e. The van der Waals surface area contributed by atoms with Crippen LogP contribution in [0.4, 0.5) is 0 Å². The number of rotatable bonds is 7. The molecule has 1 aromatic carbocycles. The molecule has 1 aromatic rings. The molecule has 0 aliphatic heterocycles. The van der Waals surface area contributed by atoms with Crippen molar-refractivity contribution in [3.8, 4) is 5.75 Å². The third-order valence-corrected chi connectivity index (χ3v) is 4.91. The highest BCUT2D eigenvalue weighted by Crippen LogP contribution is 2.29. The van der Waals surface area contributed by atoms with Crippen molar-refractivity contribution in [3.05, 3.63) is 23.2 Å². The summed E-state index contributed by atoms with van der Waals surface area (Å²) in [6.07, 6.45) is 0.392. The van der Waals surface area contributed by atoms with Gasteiger partial charge in [0.15, 0.2) is 0 Å². The van der Waals surface area contributed by atoms with Crippen LogP contribution in [0.3, 0.4) is 0 Å². The molecule has 1 rings (SSSR count). The molecule has 0 aliphatic rings. The first kappa shape index (κ1) is 16.2. The number of hydrogen-bond acceptors (Lipinski definition) is 4. The van der Waals surface area contributed by atoms with E-state index in [0.717, 1.165) is 0 Å². The first-order valence-corrected chi connectivity index (χ1v) is 7.73. The lowest BCUT2D eigenvalue weighted by molar-refractivity contribution is 0.271. The van der Waals surface area contributed by atoms with Crippen LogP contribution in [0, 0.1) is 0 Å². The molecule has 0 aromatic heterocycles. The lowest BCUT2D eigenvalue weighted by Gasteiger charge is -2.21. The van der Waals surface area contributed by atoms with Crippen molar-refractivity contribution in [3.63, 3.8) is 0 Å². The number of aliphatic hydroxyl groups is 1. The average Bonchev–Trinajstić information content (AvgIpc) is 2.38. The van der Waals surface area contributed by atoms with E-state index in [4.69, 9.17) is 21.4 Å². The lowest BCUT2D eigenvalue weighted by atomic mass is 10.3. The summed E-state index contributed by atoms with van der Waals surface area (Å²) < 4.78 is 31.3. The van der Waals surface area contributed by atoms with Crippen molar-refractivity contribution in [1.29, 1.82) is 0 Å². The van der Waals surface area contributed by atoms with Gasteiger partial charge in [-0.15, -0.1) is 0 Å². The molecule has 0 saturated heterocycles. The Balaban J connectivity index is 3.17. The van der Waals surface area contributed by atoms with Crippen LogP contribution in [0.25, 0.3) is 0 Å². The monoisotopic (exact) mass is 307 g/mol. The molecule has 0 spiro atoms. The fraction of sp³-hybridized carbons (Fsp3) is 0.500. The Morgan fingerprint density at radius 2 is 2.11 bits per heavy atom. The Kier molecular flexibility index (Phi) is 6.06. The molecule has 0 saturated carbocycles. The van der Waals surface area contributed by atoms with E-state index in [2.05, 4.69) is 0 Å². The molecule has 1 N–H and O–H groups in total. The summed E-state index contributed by atoms with van der Waals surface area (Å²) in [6.45, 7) is 2.29. The van der Waals surface area contributed by atoms with Crippen LogP contribution in [0.5, 0.6) is 5.75 Å². The highest BCUT2D eigenvalue weighted by atomic mass is 35.5. The predicted molar refractivity (Wildman–Crippen MR) is 74.1 cm³/mol. The summed E-state index contributed by atoms with van der Waals surface area (Å²) in [4.78, 5) is 0.0826. The molecule has 0 atom stereocenters. The quantitative estimate of drug-likeness (QED) is 0.833. The zero-order chi connectivity index (χ0) is 14.5. The molecule has 0 fully saturated rings. The first-order valence-electron chi connectivity index (χ1n) is 5.92. The second-order valence-corrected chi connectivity index (χ2v) is 6.21. The molecule has 0 aliphatic carbocycles. The van der Waals surface area contributed by atoms with Crippen LogP contribution >= 0.6 is 11.6 Å². The van der Waals surface area contributed by atoms with Crippen LogP contribution in [0.2, 0.25) is 5.02 Å². The highest BCUT2D eigenvalue weighted by Gasteiger charge is 2.26. The maximum atomic E-state index is 12.5. The molecule has 0 heterocycles. The minimum Gasteiger partial charge on any atom is -0.495 e. The Hall–Kier alpha value is -0.820. The van der Waals surface area contributed by atoms with Crippen LogP contribution in [0.15, 0.2) is 23.1 Å². The van der Waals surface area contributed by atoms with Gasteiger partial charge in [-0.25, -0.2) is 8.42 Å². The van der Waals surface area contributed by atoms with Crippen LogP contribution in [-0.4, -0.2) is 44.6 Å². The number of nitrogens with zero attached hydrogens (tertiary/aromatic N) is 1. The third-order valence-electron chi connectivity index (χ3n) is 2.66. The van der Waals surface area contributed by atoms with Gasteiger partial charge in [0.05, 0.1) is 7.11 Å². The number of methoxy groups -OCH3 is 1. The number of ether oxygens (including phenoxy) is 1. The van der Waals surface area contributed by atoms with Gasteiger partial charge >= 0.3 is 0 Å². The van der Waals surface area contributed by atoms with Crippen LogP contribution < -0.4 is 4.74 Å². The minimum absolute atomic E-state index is 0.0518. The Morgan fingerprint density at radius 3 is 2.63 bits per heavy atom. The van der Waals surface area contributed by atoms with Gasteiger partial charge in [-0.3, -0.25) is 0 Å². The maximum absolute atomic E-state index is 12.5. The van der Waals surface area contributed by atoms with Gasteiger partial charge in [0.1, 0.15) is 10.6 Å². The third kappa shape index (κ3) is 3.82. The van der Waals surface area contributed by atoms with Gasteiger partial charge in [0, 0.05) is 30.8 Å². The van der Waals surface area contributed by atoms with Gasteiger partial charge in [-0.2, -0.15) is 4.31 Å². The molecule has 0 amide bonds. The minimum atomic E-state index is -3.64. The number of benzene rings is 1. The zero-order valence-electron chi connectivity index (χ0n) is 11.0. The van der Waals surface area contributed by atoms with Crippen molar-refractivity contribution in [2.45, 2.75) is 18.2 Å². The fourth-order valence-electron chi connectivity index (χ4n) is 1.69. The SMILES string of the molecule is CCN(CCCO)S(=O)(=O)c1ccc(Cl)cc1OC. The largest absolute Gasteiger partial charge is 0.495 e. The van der Waals surface area contributed by atoms with Gasteiger partial charge in [0.2, 0.25) is 10.0 Å². The average molecular weight is 308 g/mol. The second kappa shape index (κ2) is 7.09. The standard InChI is InChI=1S/C12H18ClNO4S/c1-3-14(7-4-8-15)19(16,17)12-6-5-10(13)9-11(12)18-2/h5-6,9,15H,3-4,7-8H2,1-2H3. The van der Waals surface area contributed by atoms with Crippen molar-refractivity contribution in [1.82, 2.24) is 4.31 Å². The van der Waals surface area contributed by atoms with Gasteiger partial charge in [0.25, 0.3) is 0 Å². The summed E-state index contributed by atoms with van der Waals surface area (Å²) in [5, 5.41) is 9.23. The molecule has 0 unspecified atom stereocenters. The van der Waals surface area contributed by atoms with Crippen molar-refractivity contribution in [2.75, 3.05) is 26.8 Å². The summed E-state index contributed by atoms with van der Waals surface area (Å²) in [7, 11) is -2.25. The predicted octanol–water partition coefficient (Wildman–Crippen LogP) is 1.74. The summed E-state index contributed by atoms with van der Waals surface area (Å²) in [5.74, 6) is 0.218. The normalized spacial score (nSPS) is 11.8. The fourth-order valence-corrected chi connectivity index (χ4v) is 3.48. The molecule has 5 nitrogen and oxygen atoms in total. The molecular formula is C12H18ClNO4S. The van der Waals surface area contributed by atoms with Crippen LogP contribution in [-0.2, 0) is 10.0 Å². The van der Waals surface area contributed by atoms with E-state index in [1.54, 1.807) is 6.92 Å². The van der Waals surface area contributed by atoms with Crippen molar-refractivity contribution < 1.29 is 18.3 Å². The molecule has 7 heteroatoms. The lowest BCUT2D eigenvalue weighted by Crippen LogP contribution is -2.32. The van der Waals surface area contributed by atoms with E-state index in [-0.39, 0.29) is 23.8 Å². The number of halogens is 1. The summed E-state index contributed by atoms with van der Waals surface area (Å²) in [5.41, 5.74) is 0. The van der Waals surface area contributed by atoms with Gasteiger partial charge in [-0.1, -0.05) is 18.5 Å². The number of hydrogen-bond donors (Lipinski definition) is 1. The van der Waals surface area contributed by atoms with Gasteiger partial charge in [-0.05, 0) is 18.6 Å². The van der Waals surface area contributed by atoms with E-state index in [0.29, 0.717) is 18.0 Å². The number of aliphatic hydroxyl groups excluding tert-OH is 1. The van der Waals surface area contributed by atoms with E-state index in [1.165, 1.54) is 29.6 Å². The van der Waals surface area contributed by atoms with Crippen molar-refractivity contribution >= 4 is 21.6 Å². The Labute approximate surface area is 118 Å². The zero-order valence-corrected chi connectivity index (χ0v) is 12.5. The molecule has 108 valence electrons. The first-order chi connectivity index (χ1) is 8.97. The van der Waals surface area contributed by atoms with Gasteiger partial charge < -0.3 is 9.84 Å². The van der Waals surface area contributed by atoms with E-state index < -0.39 is 10.0 Å². The highest BCUT2D eigenvalue weighted by molar-refractivity contribution is 7.89. The van der Waals surface area contributed by atoms with E-state index in [9.17, 15) is 8.42 Å². The topological polar surface area (TPSA) is 66.8 Å². The second-order valence-electron chi connectivity index (χ2n) is 3.87. The summed E-state index contributed by atoms with van der Waals surface area (Å²) >= 11 is 5.82. The smallest absolute Gasteiger partial charge is 0.246 e.